The summed E-state index contributed by atoms with van der Waals surface area (Å²) >= 11 is 0. The number of cyclic esters (lactones) is 1. The van der Waals surface area contributed by atoms with Crippen LogP contribution in [0.15, 0.2) is 72.8 Å². The molecule has 0 bridgehead atoms. The molecule has 2 aliphatic rings. The minimum absolute atomic E-state index is 0.0705. The maximum Gasteiger partial charge on any atom is 0.411 e. The van der Waals surface area contributed by atoms with E-state index in [0.717, 1.165) is 18.7 Å². The molecule has 3 aromatic rings. The molecule has 0 aromatic heterocycles. The van der Waals surface area contributed by atoms with Gasteiger partial charge in [-0.3, -0.25) is 19.4 Å². The average Bonchev–Trinajstić information content (AvgIpc) is 3.31. The molecule has 2 fully saturated rings. The third-order valence-corrected chi connectivity index (χ3v) is 7.24. The lowest BCUT2D eigenvalue weighted by Crippen LogP contribution is -2.48. The average molecular weight is 561 g/mol. The Morgan fingerprint density at radius 3 is 2.46 bits per heavy atom. The van der Waals surface area contributed by atoms with Gasteiger partial charge in [0.2, 0.25) is 5.91 Å². The molecule has 0 saturated carbocycles. The van der Waals surface area contributed by atoms with Crippen molar-refractivity contribution in [3.05, 3.63) is 101 Å². The highest BCUT2D eigenvalue weighted by molar-refractivity contribution is 6.04. The Bertz CT molecular complexity index is 1380. The quantitative estimate of drug-likeness (QED) is 0.412. The molecule has 9 nitrogen and oxygen atoms in total. The van der Waals surface area contributed by atoms with Crippen molar-refractivity contribution in [2.75, 3.05) is 44.7 Å². The molecule has 2 aliphatic heterocycles. The molecule has 41 heavy (non-hydrogen) atoms. The lowest BCUT2D eigenvalue weighted by Gasteiger charge is -2.28. The number of benzene rings is 3. The fraction of sp³-hybridized carbons (Fsp3) is 0.323. The zero-order valence-electron chi connectivity index (χ0n) is 22.8. The Morgan fingerprint density at radius 2 is 1.73 bits per heavy atom. The number of nitrogens with zero attached hydrogens (tertiary/aromatic N) is 2. The summed E-state index contributed by atoms with van der Waals surface area (Å²) in [5, 5.41) is 5.84. The molecule has 2 atom stereocenters. The van der Waals surface area contributed by atoms with Crippen molar-refractivity contribution >= 4 is 23.6 Å². The molecular formula is C31H33FN4O5. The van der Waals surface area contributed by atoms with Crippen molar-refractivity contribution < 1.29 is 28.2 Å². The Hall–Kier alpha value is -4.28. The van der Waals surface area contributed by atoms with Gasteiger partial charge in [0.15, 0.2) is 12.1 Å². The van der Waals surface area contributed by atoms with E-state index >= 15 is 0 Å². The number of nitrogens with one attached hydrogen (secondary N) is 2. The Morgan fingerprint density at radius 1 is 1.00 bits per heavy atom. The summed E-state index contributed by atoms with van der Waals surface area (Å²) in [6.07, 6.45) is -1.57. The van der Waals surface area contributed by atoms with E-state index in [1.54, 1.807) is 48.5 Å². The fourth-order valence-electron chi connectivity index (χ4n) is 4.96. The molecule has 2 heterocycles. The molecule has 5 rings (SSSR count). The van der Waals surface area contributed by atoms with Gasteiger partial charge in [-0.15, -0.1) is 0 Å². The van der Waals surface area contributed by atoms with Crippen molar-refractivity contribution in [2.45, 2.75) is 25.6 Å². The number of halogens is 1. The number of aryl methyl sites for hydroxylation is 1. The summed E-state index contributed by atoms with van der Waals surface area (Å²) in [6.45, 7) is 5.96. The van der Waals surface area contributed by atoms with Gasteiger partial charge in [-0.1, -0.05) is 42.0 Å². The van der Waals surface area contributed by atoms with E-state index in [9.17, 15) is 18.8 Å². The van der Waals surface area contributed by atoms with Crippen molar-refractivity contribution in [2.24, 2.45) is 0 Å². The SMILES string of the molecule is Cc1ccc(C(=O)Nc2cccc(C3OC(=O)N(Cc4ccc(F)cc4)C3C(=O)NCCN3CCOCC3)c2)cc1. The Balaban J connectivity index is 1.35. The summed E-state index contributed by atoms with van der Waals surface area (Å²) in [6, 6.07) is 19.0. The zero-order chi connectivity index (χ0) is 28.8. The van der Waals surface area contributed by atoms with Crippen molar-refractivity contribution in [3.8, 4) is 0 Å². The summed E-state index contributed by atoms with van der Waals surface area (Å²) in [5.41, 5.74) is 3.29. The van der Waals surface area contributed by atoms with E-state index in [1.165, 1.54) is 17.0 Å². The minimum Gasteiger partial charge on any atom is -0.438 e. The van der Waals surface area contributed by atoms with Crippen molar-refractivity contribution in [3.63, 3.8) is 0 Å². The highest BCUT2D eigenvalue weighted by Crippen LogP contribution is 2.35. The van der Waals surface area contributed by atoms with E-state index in [4.69, 9.17) is 9.47 Å². The van der Waals surface area contributed by atoms with Crippen LogP contribution in [0.5, 0.6) is 0 Å². The van der Waals surface area contributed by atoms with Gasteiger partial charge in [-0.2, -0.15) is 0 Å². The van der Waals surface area contributed by atoms with Gasteiger partial charge < -0.3 is 20.1 Å². The highest BCUT2D eigenvalue weighted by Gasteiger charge is 2.47. The topological polar surface area (TPSA) is 100 Å². The van der Waals surface area contributed by atoms with Crippen molar-refractivity contribution in [1.82, 2.24) is 15.1 Å². The number of carbonyl (C=O) groups excluding carboxylic acids is 3. The molecule has 3 aromatic carbocycles. The van der Waals surface area contributed by atoms with Crippen LogP contribution in [0.2, 0.25) is 0 Å². The highest BCUT2D eigenvalue weighted by atomic mass is 19.1. The molecule has 0 aliphatic carbocycles. The van der Waals surface area contributed by atoms with Crippen LogP contribution in [0.4, 0.5) is 14.9 Å². The lowest BCUT2D eigenvalue weighted by molar-refractivity contribution is -0.126. The van der Waals surface area contributed by atoms with Crippen LogP contribution in [0.1, 0.15) is 33.2 Å². The van der Waals surface area contributed by atoms with Crippen LogP contribution in [0.25, 0.3) is 0 Å². The monoisotopic (exact) mass is 560 g/mol. The number of rotatable bonds is 9. The number of ether oxygens (including phenoxy) is 2. The summed E-state index contributed by atoms with van der Waals surface area (Å²) in [5.74, 6) is -1.02. The number of carbonyl (C=O) groups is 3. The molecule has 214 valence electrons. The second-order valence-electron chi connectivity index (χ2n) is 10.2. The number of hydrogen-bond donors (Lipinski definition) is 2. The summed E-state index contributed by atoms with van der Waals surface area (Å²) in [7, 11) is 0. The van der Waals surface area contributed by atoms with Crippen LogP contribution in [-0.4, -0.2) is 73.1 Å². The number of hydrogen-bond acceptors (Lipinski definition) is 6. The first kappa shape index (κ1) is 28.3. The summed E-state index contributed by atoms with van der Waals surface area (Å²) in [4.78, 5) is 43.1. The van der Waals surface area contributed by atoms with E-state index in [2.05, 4.69) is 15.5 Å². The smallest absolute Gasteiger partial charge is 0.411 e. The third-order valence-electron chi connectivity index (χ3n) is 7.24. The van der Waals surface area contributed by atoms with Gasteiger partial charge in [-0.25, -0.2) is 9.18 Å². The molecular weight excluding hydrogens is 527 g/mol. The van der Waals surface area contributed by atoms with Crippen LogP contribution >= 0.6 is 0 Å². The largest absolute Gasteiger partial charge is 0.438 e. The van der Waals surface area contributed by atoms with E-state index in [-0.39, 0.29) is 18.4 Å². The van der Waals surface area contributed by atoms with Crippen LogP contribution in [0, 0.1) is 12.7 Å². The fourth-order valence-corrected chi connectivity index (χ4v) is 4.96. The second-order valence-corrected chi connectivity index (χ2v) is 10.2. The molecule has 2 unspecified atom stereocenters. The Kier molecular flexibility index (Phi) is 8.91. The van der Waals surface area contributed by atoms with E-state index < -0.39 is 24.1 Å². The van der Waals surface area contributed by atoms with Crippen molar-refractivity contribution in [1.29, 1.82) is 0 Å². The molecule has 10 heteroatoms. The third kappa shape index (κ3) is 7.08. The summed E-state index contributed by atoms with van der Waals surface area (Å²) < 4.78 is 24.6. The van der Waals surface area contributed by atoms with Gasteiger partial charge >= 0.3 is 6.09 Å². The second kappa shape index (κ2) is 12.9. The maximum absolute atomic E-state index is 13.6. The number of amides is 3. The van der Waals surface area contributed by atoms with Gasteiger partial charge in [0, 0.05) is 37.4 Å². The van der Waals surface area contributed by atoms with Gasteiger partial charge in [-0.05, 0) is 54.4 Å². The molecule has 3 amide bonds. The van der Waals surface area contributed by atoms with Crippen LogP contribution in [0.3, 0.4) is 0 Å². The molecule has 2 saturated heterocycles. The maximum atomic E-state index is 13.6. The minimum atomic E-state index is -0.972. The lowest BCUT2D eigenvalue weighted by atomic mass is 10.00. The first-order chi connectivity index (χ1) is 19.9. The normalized spacial score (nSPS) is 19.1. The predicted octanol–water partition coefficient (Wildman–Crippen LogP) is 3.90. The van der Waals surface area contributed by atoms with Crippen LogP contribution in [-0.2, 0) is 20.8 Å². The number of morpholine rings is 1. The first-order valence-corrected chi connectivity index (χ1v) is 13.6. The van der Waals surface area contributed by atoms with E-state index in [1.807, 2.05) is 19.1 Å². The molecule has 2 N–H and O–H groups in total. The van der Waals surface area contributed by atoms with Crippen LogP contribution < -0.4 is 10.6 Å². The molecule has 0 radical (unpaired) electrons. The zero-order valence-corrected chi connectivity index (χ0v) is 22.8. The first-order valence-electron chi connectivity index (χ1n) is 13.6. The van der Waals surface area contributed by atoms with E-state index in [0.29, 0.717) is 48.7 Å². The van der Waals surface area contributed by atoms with Gasteiger partial charge in [0.25, 0.3) is 5.91 Å². The standard InChI is InChI=1S/C31H33FN4O5/c1-21-5-9-23(10-6-21)29(37)34-26-4-2-3-24(19-26)28-27(30(38)33-13-14-35-15-17-40-18-16-35)36(31(39)41-28)20-22-7-11-25(32)12-8-22/h2-12,19,27-28H,13-18,20H2,1H3,(H,33,38)(H,34,37). The van der Waals surface area contributed by atoms with Gasteiger partial charge in [0.1, 0.15) is 5.82 Å². The molecule has 0 spiro atoms. The Labute approximate surface area is 238 Å². The van der Waals surface area contributed by atoms with Gasteiger partial charge in [0.05, 0.1) is 19.8 Å². The number of anilines is 1. The predicted molar refractivity (Wildman–Crippen MR) is 151 cm³/mol.